The molecule has 3 rings (SSSR count). The Kier molecular flexibility index (Phi) is 3.96. The van der Waals surface area contributed by atoms with Crippen molar-refractivity contribution < 1.29 is 4.79 Å². The Balaban J connectivity index is 1.83. The smallest absolute Gasteiger partial charge is 0.272 e. The normalized spacial score (nSPS) is 18.1. The van der Waals surface area contributed by atoms with E-state index in [0.717, 1.165) is 31.6 Å². The SMILES string of the molecule is CNCC1CCCN1C(=O)c1cc(-n2cccn2)ccn1. The molecule has 1 fully saturated rings. The molecule has 2 aromatic rings. The third kappa shape index (κ3) is 2.80. The van der Waals surface area contributed by atoms with Crippen LogP contribution in [0.1, 0.15) is 23.3 Å². The summed E-state index contributed by atoms with van der Waals surface area (Å²) in [7, 11) is 1.91. The molecule has 1 unspecified atom stereocenters. The van der Waals surface area contributed by atoms with Gasteiger partial charge in [0.05, 0.1) is 5.69 Å². The average molecular weight is 285 g/mol. The summed E-state index contributed by atoms with van der Waals surface area (Å²) in [6.45, 7) is 1.63. The van der Waals surface area contributed by atoms with Crippen molar-refractivity contribution in [2.75, 3.05) is 20.1 Å². The Morgan fingerprint density at radius 1 is 1.48 bits per heavy atom. The minimum absolute atomic E-state index is 0.00163. The lowest BCUT2D eigenvalue weighted by Crippen LogP contribution is -2.41. The van der Waals surface area contributed by atoms with Crippen molar-refractivity contribution in [3.8, 4) is 5.69 Å². The molecular weight excluding hydrogens is 266 g/mol. The van der Waals surface area contributed by atoms with Crippen LogP contribution in [-0.4, -0.2) is 51.8 Å². The summed E-state index contributed by atoms with van der Waals surface area (Å²) >= 11 is 0. The van der Waals surface area contributed by atoms with Gasteiger partial charge in [0, 0.05) is 37.7 Å². The van der Waals surface area contributed by atoms with Crippen molar-refractivity contribution in [2.45, 2.75) is 18.9 Å². The summed E-state index contributed by atoms with van der Waals surface area (Å²) in [5.74, 6) is 0.00163. The van der Waals surface area contributed by atoms with Gasteiger partial charge < -0.3 is 10.2 Å². The van der Waals surface area contributed by atoms with Crippen molar-refractivity contribution in [2.24, 2.45) is 0 Å². The van der Waals surface area contributed by atoms with Crippen LogP contribution in [0.5, 0.6) is 0 Å². The average Bonchev–Trinajstić information content (AvgIpc) is 3.18. The van der Waals surface area contributed by atoms with Crippen LogP contribution >= 0.6 is 0 Å². The van der Waals surface area contributed by atoms with Crippen LogP contribution in [0.4, 0.5) is 0 Å². The molecule has 1 atom stereocenters. The van der Waals surface area contributed by atoms with Crippen LogP contribution < -0.4 is 5.32 Å². The zero-order chi connectivity index (χ0) is 14.7. The highest BCUT2D eigenvalue weighted by molar-refractivity contribution is 5.93. The first-order valence-corrected chi connectivity index (χ1v) is 7.21. The van der Waals surface area contributed by atoms with E-state index in [1.54, 1.807) is 23.1 Å². The maximum absolute atomic E-state index is 12.7. The Morgan fingerprint density at radius 3 is 3.14 bits per heavy atom. The minimum atomic E-state index is 0.00163. The van der Waals surface area contributed by atoms with Crippen LogP contribution in [0, 0.1) is 0 Å². The molecule has 1 aliphatic rings. The number of carbonyl (C=O) groups is 1. The fourth-order valence-electron chi connectivity index (χ4n) is 2.80. The Hall–Kier alpha value is -2.21. The molecule has 1 saturated heterocycles. The lowest BCUT2D eigenvalue weighted by Gasteiger charge is -2.24. The van der Waals surface area contributed by atoms with E-state index in [1.165, 1.54) is 0 Å². The molecule has 1 aliphatic heterocycles. The topological polar surface area (TPSA) is 63.1 Å². The summed E-state index contributed by atoms with van der Waals surface area (Å²) < 4.78 is 1.73. The number of carbonyl (C=O) groups excluding carboxylic acids is 1. The highest BCUT2D eigenvalue weighted by Crippen LogP contribution is 2.19. The van der Waals surface area contributed by atoms with Crippen molar-refractivity contribution in [3.63, 3.8) is 0 Å². The van der Waals surface area contributed by atoms with E-state index in [2.05, 4.69) is 15.4 Å². The van der Waals surface area contributed by atoms with E-state index in [4.69, 9.17) is 0 Å². The van der Waals surface area contributed by atoms with Gasteiger partial charge in [0.25, 0.3) is 5.91 Å². The molecule has 3 heterocycles. The number of aromatic nitrogens is 3. The van der Waals surface area contributed by atoms with E-state index < -0.39 is 0 Å². The molecule has 0 spiro atoms. The molecule has 6 nitrogen and oxygen atoms in total. The molecule has 1 N–H and O–H groups in total. The van der Waals surface area contributed by atoms with Gasteiger partial charge >= 0.3 is 0 Å². The number of hydrogen-bond acceptors (Lipinski definition) is 4. The number of likely N-dealkylation sites (N-methyl/N-ethyl adjacent to an activating group) is 1. The predicted octanol–water partition coefficient (Wildman–Crippen LogP) is 1.09. The standard InChI is InChI=1S/C15H19N5O/c1-16-11-13-4-2-8-19(13)15(21)14-10-12(5-7-17-14)20-9-3-6-18-20/h3,5-7,9-10,13,16H,2,4,8,11H2,1H3. The number of nitrogens with one attached hydrogen (secondary N) is 1. The Bertz CT molecular complexity index is 610. The number of nitrogens with zero attached hydrogens (tertiary/aromatic N) is 4. The molecule has 0 aliphatic carbocycles. The van der Waals surface area contributed by atoms with E-state index in [9.17, 15) is 4.79 Å². The van der Waals surface area contributed by atoms with Crippen molar-refractivity contribution >= 4 is 5.91 Å². The van der Waals surface area contributed by atoms with Gasteiger partial charge in [0.2, 0.25) is 0 Å². The highest BCUT2D eigenvalue weighted by atomic mass is 16.2. The molecular formula is C15H19N5O. The maximum atomic E-state index is 12.7. The van der Waals surface area contributed by atoms with Gasteiger partial charge in [-0.05, 0) is 38.1 Å². The predicted molar refractivity (Wildman–Crippen MR) is 79.3 cm³/mol. The van der Waals surface area contributed by atoms with Gasteiger partial charge in [-0.1, -0.05) is 0 Å². The van der Waals surface area contributed by atoms with Gasteiger partial charge in [0.1, 0.15) is 5.69 Å². The molecule has 0 radical (unpaired) electrons. The third-order valence-corrected chi connectivity index (χ3v) is 3.81. The fourth-order valence-corrected chi connectivity index (χ4v) is 2.80. The monoisotopic (exact) mass is 285 g/mol. The van der Waals surface area contributed by atoms with Gasteiger partial charge in [-0.2, -0.15) is 5.10 Å². The van der Waals surface area contributed by atoms with Crippen molar-refractivity contribution in [1.29, 1.82) is 0 Å². The summed E-state index contributed by atoms with van der Waals surface area (Å²) in [4.78, 5) is 18.8. The van der Waals surface area contributed by atoms with E-state index in [-0.39, 0.29) is 11.9 Å². The Morgan fingerprint density at radius 2 is 2.38 bits per heavy atom. The number of amides is 1. The Labute approximate surface area is 123 Å². The fraction of sp³-hybridized carbons (Fsp3) is 0.400. The molecule has 21 heavy (non-hydrogen) atoms. The molecule has 6 heteroatoms. The van der Waals surface area contributed by atoms with Gasteiger partial charge in [0.15, 0.2) is 0 Å². The second-order valence-electron chi connectivity index (χ2n) is 5.20. The third-order valence-electron chi connectivity index (χ3n) is 3.81. The van der Waals surface area contributed by atoms with Crippen LogP contribution in [-0.2, 0) is 0 Å². The number of pyridine rings is 1. The summed E-state index contributed by atoms with van der Waals surface area (Å²) in [5, 5.41) is 7.33. The highest BCUT2D eigenvalue weighted by Gasteiger charge is 2.29. The second kappa shape index (κ2) is 6.05. The lowest BCUT2D eigenvalue weighted by atomic mass is 10.2. The first kappa shape index (κ1) is 13.8. The molecule has 0 aromatic carbocycles. The van der Waals surface area contributed by atoms with Crippen LogP contribution in [0.3, 0.4) is 0 Å². The quantitative estimate of drug-likeness (QED) is 0.913. The largest absolute Gasteiger partial charge is 0.333 e. The number of rotatable bonds is 4. The molecule has 2 aromatic heterocycles. The minimum Gasteiger partial charge on any atom is -0.333 e. The van der Waals surface area contributed by atoms with E-state index in [1.807, 2.05) is 30.3 Å². The number of hydrogen-bond donors (Lipinski definition) is 1. The molecule has 110 valence electrons. The summed E-state index contributed by atoms with van der Waals surface area (Å²) in [6.07, 6.45) is 7.32. The molecule has 1 amide bonds. The maximum Gasteiger partial charge on any atom is 0.272 e. The zero-order valence-corrected chi connectivity index (χ0v) is 12.1. The second-order valence-corrected chi connectivity index (χ2v) is 5.20. The van der Waals surface area contributed by atoms with Crippen LogP contribution in [0.25, 0.3) is 5.69 Å². The lowest BCUT2D eigenvalue weighted by molar-refractivity contribution is 0.0731. The zero-order valence-electron chi connectivity index (χ0n) is 12.1. The molecule has 0 saturated carbocycles. The first-order valence-electron chi connectivity index (χ1n) is 7.21. The van der Waals surface area contributed by atoms with Crippen LogP contribution in [0.15, 0.2) is 36.8 Å². The first-order chi connectivity index (χ1) is 10.3. The van der Waals surface area contributed by atoms with Gasteiger partial charge in [-0.25, -0.2) is 4.68 Å². The van der Waals surface area contributed by atoms with E-state index in [0.29, 0.717) is 5.69 Å². The summed E-state index contributed by atoms with van der Waals surface area (Å²) in [6, 6.07) is 5.76. The van der Waals surface area contributed by atoms with Crippen molar-refractivity contribution in [3.05, 3.63) is 42.5 Å². The number of likely N-dealkylation sites (tertiary alicyclic amines) is 1. The van der Waals surface area contributed by atoms with Crippen molar-refractivity contribution in [1.82, 2.24) is 25.0 Å². The van der Waals surface area contributed by atoms with E-state index >= 15 is 0 Å². The van der Waals surface area contributed by atoms with Crippen LogP contribution in [0.2, 0.25) is 0 Å². The van der Waals surface area contributed by atoms with Gasteiger partial charge in [-0.3, -0.25) is 9.78 Å². The van der Waals surface area contributed by atoms with Gasteiger partial charge in [-0.15, -0.1) is 0 Å². The summed E-state index contributed by atoms with van der Waals surface area (Å²) in [5.41, 5.74) is 1.33. The molecule has 0 bridgehead atoms.